The molecule has 9 heteroatoms. The number of aryl methyl sites for hydroxylation is 1. The largest absolute Gasteiger partial charge is 0.334 e. The number of nitrogens with zero attached hydrogens (tertiary/aromatic N) is 5. The van der Waals surface area contributed by atoms with Gasteiger partial charge in [0.05, 0.1) is 15.6 Å². The second-order valence-corrected chi connectivity index (χ2v) is 4.36. The molecule has 88 valence electrons. The van der Waals surface area contributed by atoms with Crippen LogP contribution in [-0.2, 0) is 0 Å². The van der Waals surface area contributed by atoms with E-state index >= 15 is 0 Å². The van der Waals surface area contributed by atoms with Crippen LogP contribution in [0.1, 0.15) is 5.69 Å². The maximum atomic E-state index is 11.0. The highest BCUT2D eigenvalue weighted by Crippen LogP contribution is 2.25. The van der Waals surface area contributed by atoms with Gasteiger partial charge in [-0.2, -0.15) is 10.1 Å². The van der Waals surface area contributed by atoms with Crippen LogP contribution in [0.15, 0.2) is 16.9 Å². The van der Waals surface area contributed by atoms with E-state index in [4.69, 9.17) is 11.6 Å². The number of rotatable bonds is 2. The standard InChI is InChI=1S/C8H5BrClN5O2/c1-4-6(15(16)17)7(13-8(10)12-4)14-3-5(9)2-11-14/h2-3H,1H3. The Morgan fingerprint density at radius 1 is 1.53 bits per heavy atom. The van der Waals surface area contributed by atoms with E-state index in [1.165, 1.54) is 17.8 Å². The van der Waals surface area contributed by atoms with E-state index in [-0.39, 0.29) is 22.5 Å². The van der Waals surface area contributed by atoms with Crippen molar-refractivity contribution in [1.29, 1.82) is 0 Å². The fourth-order valence-corrected chi connectivity index (χ4v) is 1.80. The molecule has 2 aromatic heterocycles. The van der Waals surface area contributed by atoms with E-state index in [0.29, 0.717) is 4.47 Å². The fraction of sp³-hybridized carbons (Fsp3) is 0.125. The van der Waals surface area contributed by atoms with Crippen molar-refractivity contribution in [3.8, 4) is 5.82 Å². The quantitative estimate of drug-likeness (QED) is 0.481. The SMILES string of the molecule is Cc1nc(Cl)nc(-n2cc(Br)cn2)c1[N+](=O)[O-]. The van der Waals surface area contributed by atoms with Crippen molar-refractivity contribution < 1.29 is 4.92 Å². The van der Waals surface area contributed by atoms with E-state index in [1.54, 1.807) is 6.20 Å². The molecule has 2 rings (SSSR count). The van der Waals surface area contributed by atoms with Gasteiger partial charge in [-0.05, 0) is 34.5 Å². The second kappa shape index (κ2) is 4.38. The summed E-state index contributed by atoms with van der Waals surface area (Å²) in [6, 6.07) is 0. The van der Waals surface area contributed by atoms with Crippen molar-refractivity contribution >= 4 is 33.2 Å². The molecule has 0 atom stereocenters. The van der Waals surface area contributed by atoms with Gasteiger partial charge in [0.25, 0.3) is 0 Å². The first-order valence-corrected chi connectivity index (χ1v) is 5.55. The third-order valence-electron chi connectivity index (χ3n) is 1.96. The normalized spacial score (nSPS) is 10.5. The van der Waals surface area contributed by atoms with Crippen molar-refractivity contribution in [2.75, 3.05) is 0 Å². The minimum Gasteiger partial charge on any atom is -0.258 e. The predicted octanol–water partition coefficient (Wildman–Crippen LogP) is 2.29. The molecule has 0 aliphatic rings. The van der Waals surface area contributed by atoms with Crippen LogP contribution in [0.3, 0.4) is 0 Å². The van der Waals surface area contributed by atoms with Gasteiger partial charge in [-0.3, -0.25) is 10.1 Å². The average molecular weight is 319 g/mol. The van der Waals surface area contributed by atoms with Gasteiger partial charge in [0.1, 0.15) is 5.69 Å². The molecule has 0 aliphatic heterocycles. The molecule has 0 N–H and O–H groups in total. The number of nitro groups is 1. The Labute approximate surface area is 109 Å². The van der Waals surface area contributed by atoms with Gasteiger partial charge in [0, 0.05) is 6.20 Å². The zero-order valence-corrected chi connectivity index (χ0v) is 10.8. The summed E-state index contributed by atoms with van der Waals surface area (Å²) in [4.78, 5) is 18.0. The van der Waals surface area contributed by atoms with E-state index in [0.717, 1.165) is 0 Å². The van der Waals surface area contributed by atoms with Crippen LogP contribution in [0.4, 0.5) is 5.69 Å². The summed E-state index contributed by atoms with van der Waals surface area (Å²) in [6.07, 6.45) is 3.04. The van der Waals surface area contributed by atoms with Crippen LogP contribution in [0.5, 0.6) is 0 Å². The summed E-state index contributed by atoms with van der Waals surface area (Å²) >= 11 is 8.88. The van der Waals surface area contributed by atoms with Gasteiger partial charge in [-0.1, -0.05) is 0 Å². The summed E-state index contributed by atoms with van der Waals surface area (Å²) in [5.41, 5.74) is -0.0263. The first kappa shape index (κ1) is 11.9. The Kier molecular flexibility index (Phi) is 3.07. The highest BCUT2D eigenvalue weighted by molar-refractivity contribution is 9.10. The van der Waals surface area contributed by atoms with Gasteiger partial charge in [0.15, 0.2) is 0 Å². The molecule has 2 aromatic rings. The number of halogens is 2. The molecular weight excluding hydrogens is 313 g/mol. The average Bonchev–Trinajstić information content (AvgIpc) is 2.62. The molecule has 0 amide bonds. The van der Waals surface area contributed by atoms with Crippen molar-refractivity contribution in [3.05, 3.63) is 38.0 Å². The summed E-state index contributed by atoms with van der Waals surface area (Å²) in [5.74, 6) is 0.0400. The van der Waals surface area contributed by atoms with Crippen LogP contribution in [0, 0.1) is 17.0 Å². The Balaban J connectivity index is 2.71. The van der Waals surface area contributed by atoms with Crippen molar-refractivity contribution in [3.63, 3.8) is 0 Å². The molecule has 2 heterocycles. The number of hydrogen-bond acceptors (Lipinski definition) is 5. The lowest BCUT2D eigenvalue weighted by Gasteiger charge is -2.04. The van der Waals surface area contributed by atoms with Gasteiger partial charge in [-0.15, -0.1) is 0 Å². The Morgan fingerprint density at radius 3 is 2.76 bits per heavy atom. The van der Waals surface area contributed by atoms with E-state index in [1.807, 2.05) is 0 Å². The molecule has 0 bridgehead atoms. The molecule has 0 unspecified atom stereocenters. The monoisotopic (exact) mass is 317 g/mol. The lowest BCUT2D eigenvalue weighted by atomic mass is 10.3. The topological polar surface area (TPSA) is 86.7 Å². The number of aromatic nitrogens is 4. The summed E-state index contributed by atoms with van der Waals surface area (Å²) in [5, 5.41) is 14.8. The van der Waals surface area contributed by atoms with Gasteiger partial charge < -0.3 is 0 Å². The van der Waals surface area contributed by atoms with Gasteiger partial charge >= 0.3 is 5.69 Å². The van der Waals surface area contributed by atoms with Crippen molar-refractivity contribution in [2.24, 2.45) is 0 Å². The van der Waals surface area contributed by atoms with Crippen molar-refractivity contribution in [2.45, 2.75) is 6.92 Å². The van der Waals surface area contributed by atoms with E-state index < -0.39 is 4.92 Å². The van der Waals surface area contributed by atoms with Crippen LogP contribution < -0.4 is 0 Å². The molecule has 0 aromatic carbocycles. The summed E-state index contributed by atoms with van der Waals surface area (Å²) in [6.45, 7) is 1.49. The molecule has 7 nitrogen and oxygen atoms in total. The minimum absolute atomic E-state index is 0.0400. The number of hydrogen-bond donors (Lipinski definition) is 0. The highest BCUT2D eigenvalue weighted by Gasteiger charge is 2.23. The molecule has 0 radical (unpaired) electrons. The zero-order valence-electron chi connectivity index (χ0n) is 8.46. The van der Waals surface area contributed by atoms with Gasteiger partial charge in [-0.25, -0.2) is 9.67 Å². The Morgan fingerprint density at radius 2 is 2.24 bits per heavy atom. The summed E-state index contributed by atoms with van der Waals surface area (Å²) < 4.78 is 1.95. The second-order valence-electron chi connectivity index (χ2n) is 3.11. The highest BCUT2D eigenvalue weighted by atomic mass is 79.9. The summed E-state index contributed by atoms with van der Waals surface area (Å²) in [7, 11) is 0. The van der Waals surface area contributed by atoms with Crippen LogP contribution in [-0.4, -0.2) is 24.7 Å². The minimum atomic E-state index is -0.559. The molecule has 0 aliphatic carbocycles. The third kappa shape index (κ3) is 2.27. The molecular formula is C8H5BrClN5O2. The Hall–Kier alpha value is -1.54. The predicted molar refractivity (Wildman–Crippen MR) is 63.3 cm³/mol. The van der Waals surface area contributed by atoms with Gasteiger partial charge in [0.2, 0.25) is 11.1 Å². The maximum absolute atomic E-state index is 11.0. The molecule has 0 fully saturated rings. The molecule has 0 saturated carbocycles. The van der Waals surface area contributed by atoms with Crippen LogP contribution in [0.2, 0.25) is 5.28 Å². The molecule has 17 heavy (non-hydrogen) atoms. The molecule has 0 saturated heterocycles. The first-order valence-electron chi connectivity index (χ1n) is 4.38. The van der Waals surface area contributed by atoms with E-state index in [2.05, 4.69) is 31.0 Å². The third-order valence-corrected chi connectivity index (χ3v) is 2.54. The first-order chi connectivity index (χ1) is 7.99. The van der Waals surface area contributed by atoms with Crippen molar-refractivity contribution in [1.82, 2.24) is 19.7 Å². The fourth-order valence-electron chi connectivity index (χ4n) is 1.31. The Bertz CT molecular complexity index is 600. The lowest BCUT2D eigenvalue weighted by molar-refractivity contribution is -0.385. The molecule has 0 spiro atoms. The van der Waals surface area contributed by atoms with Crippen LogP contribution >= 0.6 is 27.5 Å². The smallest absolute Gasteiger partial charge is 0.258 e. The maximum Gasteiger partial charge on any atom is 0.334 e. The lowest BCUT2D eigenvalue weighted by Crippen LogP contribution is -2.07. The van der Waals surface area contributed by atoms with Crippen LogP contribution in [0.25, 0.3) is 5.82 Å². The zero-order chi connectivity index (χ0) is 12.6. The van der Waals surface area contributed by atoms with E-state index in [9.17, 15) is 10.1 Å².